The molecule has 1 aliphatic heterocycles. The summed E-state index contributed by atoms with van der Waals surface area (Å²) in [4.78, 5) is 47.1. The molecule has 34 heavy (non-hydrogen) atoms. The van der Waals surface area contributed by atoms with Gasteiger partial charge in [0.05, 0.1) is 37.7 Å². The van der Waals surface area contributed by atoms with Crippen molar-refractivity contribution in [3.63, 3.8) is 0 Å². The van der Waals surface area contributed by atoms with E-state index < -0.39 is 43.2 Å². The molecule has 0 amide bonds. The Labute approximate surface area is 194 Å². The zero-order valence-electron chi connectivity index (χ0n) is 18.5. The number of ether oxygens (including phenoxy) is 2. The Bertz CT molecular complexity index is 1170. The smallest absolute Gasteiger partial charge is 0.462 e. The average Bonchev–Trinajstić information content (AvgIpc) is 3.28. The van der Waals surface area contributed by atoms with E-state index in [2.05, 4.69) is 0 Å². The van der Waals surface area contributed by atoms with Crippen LogP contribution in [0.25, 0.3) is 0 Å². The van der Waals surface area contributed by atoms with E-state index in [4.69, 9.17) is 18.5 Å². The van der Waals surface area contributed by atoms with Gasteiger partial charge in [-0.15, -0.1) is 0 Å². The maximum atomic E-state index is 13.5. The van der Waals surface area contributed by atoms with Gasteiger partial charge in [0.15, 0.2) is 0 Å². The fraction of sp³-hybridized carbons (Fsp3) is 0.476. The number of rotatable bonds is 11. The van der Waals surface area contributed by atoms with Crippen LogP contribution in [-0.2, 0) is 29.7 Å². The van der Waals surface area contributed by atoms with Crippen LogP contribution in [0.3, 0.4) is 0 Å². The molecule has 13 heteroatoms. The summed E-state index contributed by atoms with van der Waals surface area (Å²) >= 11 is 0. The summed E-state index contributed by atoms with van der Waals surface area (Å²) in [5, 5.41) is 0. The number of aromatic amines is 1. The predicted molar refractivity (Wildman–Crippen MR) is 117 cm³/mol. The normalized spacial score (nSPS) is 19.6. The summed E-state index contributed by atoms with van der Waals surface area (Å²) in [6.45, 7) is 1.54. The molecule has 2 heterocycles. The van der Waals surface area contributed by atoms with Crippen LogP contribution in [-0.4, -0.2) is 39.7 Å². The molecule has 3 rings (SSSR count). The van der Waals surface area contributed by atoms with E-state index >= 15 is 0 Å². The van der Waals surface area contributed by atoms with Crippen LogP contribution < -0.4 is 11.2 Å². The number of carbonyl (C=O) groups is 1. The third kappa shape index (κ3) is 6.94. The number of hydrogen-bond acceptors (Lipinski definition) is 8. The van der Waals surface area contributed by atoms with Gasteiger partial charge in [0.2, 0.25) is 5.82 Å². The molecule has 0 aliphatic carbocycles. The first kappa shape index (κ1) is 26.0. The van der Waals surface area contributed by atoms with E-state index in [1.807, 2.05) is 11.9 Å². The number of H-pyrrole nitrogens is 1. The number of phosphoric ester groups is 1. The number of carbonyl (C=O) groups excluding carboxylic acids is 1. The molecule has 0 bridgehead atoms. The van der Waals surface area contributed by atoms with E-state index in [0.29, 0.717) is 18.4 Å². The highest BCUT2D eigenvalue weighted by atomic mass is 31.2. The first-order chi connectivity index (χ1) is 16.2. The summed E-state index contributed by atoms with van der Waals surface area (Å²) in [6.07, 6.45) is 1.45. The number of hydrogen-bond donors (Lipinski definition) is 2. The van der Waals surface area contributed by atoms with Gasteiger partial charge in [-0.25, -0.2) is 14.2 Å². The molecule has 1 saturated heterocycles. The third-order valence-corrected chi connectivity index (χ3v) is 6.03. The maximum Gasteiger partial charge on any atom is 0.472 e. The first-order valence-corrected chi connectivity index (χ1v) is 12.2. The highest BCUT2D eigenvalue weighted by molar-refractivity contribution is 7.47. The van der Waals surface area contributed by atoms with Crippen molar-refractivity contribution in [2.45, 2.75) is 51.5 Å². The maximum absolute atomic E-state index is 13.5. The van der Waals surface area contributed by atoms with Gasteiger partial charge in [-0.2, -0.15) is 4.39 Å². The molecular formula is C21H26FN2O9P. The van der Waals surface area contributed by atoms with Gasteiger partial charge in [-0.3, -0.25) is 23.4 Å². The molecule has 2 aromatic rings. The number of phosphoric acid groups is 1. The minimum absolute atomic E-state index is 0.221. The van der Waals surface area contributed by atoms with Crippen LogP contribution in [0, 0.1) is 5.82 Å². The Balaban J connectivity index is 1.53. The Morgan fingerprint density at radius 2 is 2.06 bits per heavy atom. The highest BCUT2D eigenvalue weighted by Crippen LogP contribution is 2.45. The summed E-state index contributed by atoms with van der Waals surface area (Å²) in [5.74, 6) is -1.69. The van der Waals surface area contributed by atoms with Gasteiger partial charge in [0.25, 0.3) is 5.56 Å². The van der Waals surface area contributed by atoms with Gasteiger partial charge in [0, 0.05) is 0 Å². The molecular weight excluding hydrogens is 474 g/mol. The number of nitrogens with zero attached hydrogens (tertiary/aromatic N) is 1. The summed E-state index contributed by atoms with van der Waals surface area (Å²) in [7, 11) is -4.51. The quantitative estimate of drug-likeness (QED) is 0.270. The van der Waals surface area contributed by atoms with Gasteiger partial charge < -0.3 is 14.4 Å². The standard InChI is InChI=1S/C21H26FN2O9P/c1-2-3-10-30-20(26)16-7-5-4-6-14(16)12-31-34(28,29)32-13-15-8-9-18(33-15)24-11-17(22)19(25)23-21(24)27/h4-7,11,15,18H,2-3,8-10,12-13H2,1H3,(H,28,29)(H,23,25,27)/t15-,18+/m0/s1. The monoisotopic (exact) mass is 500 g/mol. The van der Waals surface area contributed by atoms with E-state index in [-0.39, 0.29) is 25.4 Å². The minimum atomic E-state index is -4.51. The van der Waals surface area contributed by atoms with Crippen LogP contribution in [0.4, 0.5) is 4.39 Å². The molecule has 1 aliphatic rings. The van der Waals surface area contributed by atoms with E-state index in [0.717, 1.165) is 23.6 Å². The summed E-state index contributed by atoms with van der Waals surface area (Å²) in [6, 6.07) is 6.40. The average molecular weight is 500 g/mol. The topological polar surface area (TPSA) is 146 Å². The number of unbranched alkanes of at least 4 members (excludes halogenated alkanes) is 1. The zero-order chi connectivity index (χ0) is 24.7. The van der Waals surface area contributed by atoms with E-state index in [1.165, 1.54) is 6.07 Å². The van der Waals surface area contributed by atoms with Crippen LogP contribution in [0.15, 0.2) is 40.1 Å². The minimum Gasteiger partial charge on any atom is -0.462 e. The lowest BCUT2D eigenvalue weighted by Gasteiger charge is -2.18. The number of esters is 1. The molecule has 11 nitrogen and oxygen atoms in total. The number of aromatic nitrogens is 2. The molecule has 3 atom stereocenters. The van der Waals surface area contributed by atoms with Crippen LogP contribution in [0.2, 0.25) is 0 Å². The van der Waals surface area contributed by atoms with E-state index in [1.54, 1.807) is 18.2 Å². The van der Waals surface area contributed by atoms with Crippen molar-refractivity contribution in [2.75, 3.05) is 13.2 Å². The van der Waals surface area contributed by atoms with Crippen molar-refractivity contribution in [3.05, 3.63) is 68.2 Å². The van der Waals surface area contributed by atoms with Crippen molar-refractivity contribution >= 4 is 13.8 Å². The molecule has 0 radical (unpaired) electrons. The molecule has 0 saturated carbocycles. The van der Waals surface area contributed by atoms with Gasteiger partial charge in [0.1, 0.15) is 6.23 Å². The lowest BCUT2D eigenvalue weighted by molar-refractivity contribution is -0.0267. The molecule has 1 aromatic heterocycles. The molecule has 1 fully saturated rings. The van der Waals surface area contributed by atoms with Crippen LogP contribution in [0.5, 0.6) is 0 Å². The second-order valence-corrected chi connectivity index (χ2v) is 9.07. The summed E-state index contributed by atoms with van der Waals surface area (Å²) in [5.41, 5.74) is -1.38. The second-order valence-electron chi connectivity index (χ2n) is 7.62. The Morgan fingerprint density at radius 3 is 2.82 bits per heavy atom. The molecule has 2 N–H and O–H groups in total. The first-order valence-electron chi connectivity index (χ1n) is 10.7. The van der Waals surface area contributed by atoms with Crippen LogP contribution >= 0.6 is 7.82 Å². The third-order valence-electron chi connectivity index (χ3n) is 5.09. The number of nitrogens with one attached hydrogen (secondary N) is 1. The second kappa shape index (κ2) is 11.7. The lowest BCUT2D eigenvalue weighted by atomic mass is 10.1. The van der Waals surface area contributed by atoms with Crippen LogP contribution in [0.1, 0.15) is 54.8 Å². The van der Waals surface area contributed by atoms with Gasteiger partial charge in [-0.05, 0) is 30.9 Å². The number of benzene rings is 1. The zero-order valence-corrected chi connectivity index (χ0v) is 19.4. The fourth-order valence-electron chi connectivity index (χ4n) is 3.29. The molecule has 1 unspecified atom stereocenters. The Kier molecular flexibility index (Phi) is 8.92. The Morgan fingerprint density at radius 1 is 1.29 bits per heavy atom. The Hall–Kier alpha value is -2.63. The van der Waals surface area contributed by atoms with Crippen molar-refractivity contribution in [1.29, 1.82) is 0 Å². The van der Waals surface area contributed by atoms with Crippen molar-refractivity contribution in [3.8, 4) is 0 Å². The summed E-state index contributed by atoms with van der Waals surface area (Å²) < 4.78 is 47.5. The predicted octanol–water partition coefficient (Wildman–Crippen LogP) is 2.64. The highest BCUT2D eigenvalue weighted by Gasteiger charge is 2.31. The lowest BCUT2D eigenvalue weighted by Crippen LogP contribution is -2.34. The molecule has 1 aromatic carbocycles. The fourth-order valence-corrected chi connectivity index (χ4v) is 4.02. The SMILES string of the molecule is CCCCOC(=O)c1ccccc1COP(=O)(O)OC[C@@H]1CC[C@H](n2cc(F)c(=O)[nH]c2=O)O1. The largest absolute Gasteiger partial charge is 0.472 e. The molecule has 186 valence electrons. The van der Waals surface area contributed by atoms with E-state index in [9.17, 15) is 28.2 Å². The van der Waals surface area contributed by atoms with Crippen molar-refractivity contribution in [1.82, 2.24) is 9.55 Å². The molecule has 0 spiro atoms. The van der Waals surface area contributed by atoms with Gasteiger partial charge in [-0.1, -0.05) is 31.5 Å². The number of halogens is 1. The van der Waals surface area contributed by atoms with Gasteiger partial charge >= 0.3 is 19.5 Å². The van der Waals surface area contributed by atoms with Crippen molar-refractivity contribution < 1.29 is 37.2 Å². The van der Waals surface area contributed by atoms with Crippen molar-refractivity contribution in [2.24, 2.45) is 0 Å².